The first-order valence-corrected chi connectivity index (χ1v) is 15.5. The van der Waals surface area contributed by atoms with Gasteiger partial charge in [-0.1, -0.05) is 24.3 Å². The number of sulfone groups is 1. The lowest BCUT2D eigenvalue weighted by atomic mass is 9.81. The monoisotopic (exact) mass is 577 g/mol. The van der Waals surface area contributed by atoms with Crippen molar-refractivity contribution < 1.29 is 31.2 Å². The maximum atomic E-state index is 13.5. The van der Waals surface area contributed by atoms with E-state index in [-0.39, 0.29) is 40.1 Å². The minimum Gasteiger partial charge on any atom is -0.340 e. The van der Waals surface area contributed by atoms with Crippen LogP contribution < -0.4 is 5.32 Å². The van der Waals surface area contributed by atoms with Crippen molar-refractivity contribution in [3.05, 3.63) is 65.7 Å². The predicted molar refractivity (Wildman–Crippen MR) is 143 cm³/mol. The van der Waals surface area contributed by atoms with E-state index >= 15 is 0 Å². The Morgan fingerprint density at radius 1 is 0.950 bits per heavy atom. The van der Waals surface area contributed by atoms with Crippen molar-refractivity contribution in [3.63, 3.8) is 0 Å². The molecule has 1 saturated carbocycles. The molecule has 2 heterocycles. The smallest absolute Gasteiger partial charge is 0.340 e. The molecule has 2 aromatic carbocycles. The average molecular weight is 578 g/mol. The van der Waals surface area contributed by atoms with Crippen LogP contribution in [-0.4, -0.2) is 73.5 Å². The molecule has 0 aromatic heterocycles. The molecule has 2 aliphatic heterocycles. The molecule has 216 valence electrons. The van der Waals surface area contributed by atoms with Gasteiger partial charge in [-0.2, -0.15) is 13.2 Å². The highest BCUT2D eigenvalue weighted by molar-refractivity contribution is 7.91. The summed E-state index contributed by atoms with van der Waals surface area (Å²) in [6.07, 6.45) is 0.179. The fourth-order valence-electron chi connectivity index (χ4n) is 6.50. The summed E-state index contributed by atoms with van der Waals surface area (Å²) < 4.78 is 66.1. The quantitative estimate of drug-likeness (QED) is 0.535. The maximum absolute atomic E-state index is 13.5. The van der Waals surface area contributed by atoms with Gasteiger partial charge in [0.05, 0.1) is 16.2 Å². The van der Waals surface area contributed by atoms with Gasteiger partial charge in [-0.15, -0.1) is 0 Å². The molecule has 4 atom stereocenters. The Bertz CT molecular complexity index is 1330. The number of nitrogens with zero attached hydrogens (tertiary/aromatic N) is 2. The normalized spacial score (nSPS) is 26.3. The number of amides is 2. The van der Waals surface area contributed by atoms with Gasteiger partial charge in [0.2, 0.25) is 5.91 Å². The van der Waals surface area contributed by atoms with Crippen LogP contribution in [0.15, 0.2) is 59.5 Å². The number of carbonyl (C=O) groups excluding carboxylic acids is 2. The number of benzene rings is 2. The van der Waals surface area contributed by atoms with Gasteiger partial charge in [0, 0.05) is 24.2 Å². The van der Waals surface area contributed by atoms with Crippen LogP contribution in [0.25, 0.3) is 0 Å². The Labute approximate surface area is 232 Å². The molecule has 1 N–H and O–H groups in total. The second kappa shape index (κ2) is 11.5. The number of nitrogens with one attached hydrogen (secondary N) is 1. The molecule has 7 nitrogen and oxygen atoms in total. The van der Waals surface area contributed by atoms with E-state index in [4.69, 9.17) is 0 Å². The number of hydrogen-bond acceptors (Lipinski definition) is 5. The molecule has 2 saturated heterocycles. The lowest BCUT2D eigenvalue weighted by Crippen LogP contribution is -2.52. The zero-order chi connectivity index (χ0) is 28.5. The first-order valence-electron chi connectivity index (χ1n) is 13.8. The topological polar surface area (TPSA) is 86.8 Å². The summed E-state index contributed by atoms with van der Waals surface area (Å²) in [4.78, 5) is 30.7. The van der Waals surface area contributed by atoms with Crippen molar-refractivity contribution in [1.29, 1.82) is 0 Å². The third-order valence-electron chi connectivity index (χ3n) is 8.51. The molecular weight excluding hydrogens is 543 g/mol. The summed E-state index contributed by atoms with van der Waals surface area (Å²) in [6, 6.07) is 11.6. The fourth-order valence-corrected chi connectivity index (χ4v) is 8.19. The maximum Gasteiger partial charge on any atom is 0.416 e. The van der Waals surface area contributed by atoms with E-state index in [0.717, 1.165) is 50.6 Å². The summed E-state index contributed by atoms with van der Waals surface area (Å²) in [5.41, 5.74) is -1.10. The summed E-state index contributed by atoms with van der Waals surface area (Å²) in [6.45, 7) is 2.35. The second-order valence-electron chi connectivity index (χ2n) is 11.1. The van der Waals surface area contributed by atoms with Gasteiger partial charge in [-0.3, -0.25) is 9.59 Å². The van der Waals surface area contributed by atoms with Crippen LogP contribution >= 0.6 is 0 Å². The van der Waals surface area contributed by atoms with Crippen molar-refractivity contribution in [1.82, 2.24) is 15.1 Å². The van der Waals surface area contributed by atoms with Gasteiger partial charge in [0.25, 0.3) is 5.91 Å². The van der Waals surface area contributed by atoms with Crippen molar-refractivity contribution >= 4 is 21.7 Å². The Hall–Kier alpha value is -2.92. The zero-order valence-corrected chi connectivity index (χ0v) is 23.0. The van der Waals surface area contributed by atoms with E-state index in [2.05, 4.69) is 10.2 Å². The molecule has 2 aromatic rings. The Kier molecular flexibility index (Phi) is 8.24. The molecule has 2 amide bonds. The van der Waals surface area contributed by atoms with Crippen molar-refractivity contribution in [2.24, 2.45) is 5.92 Å². The minimum absolute atomic E-state index is 0.0724. The second-order valence-corrected chi connectivity index (χ2v) is 13.1. The number of alkyl halides is 3. The summed E-state index contributed by atoms with van der Waals surface area (Å²) >= 11 is 0. The Morgan fingerprint density at radius 3 is 2.38 bits per heavy atom. The zero-order valence-electron chi connectivity index (χ0n) is 22.1. The van der Waals surface area contributed by atoms with Gasteiger partial charge in [-0.05, 0) is 87.9 Å². The first kappa shape index (κ1) is 28.6. The van der Waals surface area contributed by atoms with Crippen LogP contribution in [0.2, 0.25) is 0 Å². The Balaban J connectivity index is 1.31. The third kappa shape index (κ3) is 6.20. The summed E-state index contributed by atoms with van der Waals surface area (Å²) in [5, 5.41) is 2.61. The van der Waals surface area contributed by atoms with Crippen LogP contribution in [0.3, 0.4) is 0 Å². The van der Waals surface area contributed by atoms with E-state index in [0.29, 0.717) is 25.8 Å². The number of halogens is 3. The van der Waals surface area contributed by atoms with Gasteiger partial charge < -0.3 is 15.1 Å². The van der Waals surface area contributed by atoms with Crippen molar-refractivity contribution in [2.75, 3.05) is 25.4 Å². The SMILES string of the molecule is O=C(NC1CCN([C@H]2CC[C@@H](N3CCCC3)C[C@H]2CS(=O)(=O)c2ccccc2)C1=O)c1cccc(C(F)(F)F)c1. The molecule has 3 aliphatic rings. The number of carbonyl (C=O) groups is 2. The highest BCUT2D eigenvalue weighted by atomic mass is 32.2. The van der Waals surface area contributed by atoms with Gasteiger partial charge in [0.15, 0.2) is 9.84 Å². The number of rotatable bonds is 7. The average Bonchev–Trinajstić information content (AvgIpc) is 3.59. The van der Waals surface area contributed by atoms with Crippen LogP contribution in [-0.2, 0) is 20.8 Å². The van der Waals surface area contributed by atoms with Crippen LogP contribution in [0.5, 0.6) is 0 Å². The predicted octanol–water partition coefficient (Wildman–Crippen LogP) is 4.14. The minimum atomic E-state index is -4.58. The largest absolute Gasteiger partial charge is 0.416 e. The number of likely N-dealkylation sites (tertiary alicyclic amines) is 2. The molecule has 0 bridgehead atoms. The lowest BCUT2D eigenvalue weighted by Gasteiger charge is -2.43. The van der Waals surface area contributed by atoms with E-state index in [1.807, 2.05) is 0 Å². The molecule has 0 spiro atoms. The molecule has 0 radical (unpaired) electrons. The van der Waals surface area contributed by atoms with Gasteiger partial charge in [0.1, 0.15) is 6.04 Å². The van der Waals surface area contributed by atoms with Crippen LogP contribution in [0.4, 0.5) is 13.2 Å². The standard InChI is InChI=1S/C29H34F3N3O4S/c30-29(31,32)22-8-6-7-20(17-22)27(36)33-25-13-16-35(28(25)37)26-12-11-23(34-14-4-5-15-34)18-21(26)19-40(38,39)24-9-2-1-3-10-24/h1-3,6-10,17,21,23,25-26H,4-5,11-16,18-19H2,(H,33,36)/t21-,23+,25?,26-/m0/s1. The molecular formula is C29H34F3N3O4S. The van der Waals surface area contributed by atoms with E-state index in [1.54, 1.807) is 35.2 Å². The van der Waals surface area contributed by atoms with Gasteiger partial charge >= 0.3 is 6.18 Å². The summed E-state index contributed by atoms with van der Waals surface area (Å²) in [5.74, 6) is -1.40. The van der Waals surface area contributed by atoms with E-state index in [9.17, 15) is 31.2 Å². The van der Waals surface area contributed by atoms with Crippen LogP contribution in [0.1, 0.15) is 54.4 Å². The van der Waals surface area contributed by atoms with Gasteiger partial charge in [-0.25, -0.2) is 8.42 Å². The lowest BCUT2D eigenvalue weighted by molar-refractivity contribution is -0.137. The molecule has 5 rings (SSSR count). The summed E-state index contributed by atoms with van der Waals surface area (Å²) in [7, 11) is -3.59. The highest BCUT2D eigenvalue weighted by Crippen LogP contribution is 2.36. The third-order valence-corrected chi connectivity index (χ3v) is 10.4. The molecule has 40 heavy (non-hydrogen) atoms. The van der Waals surface area contributed by atoms with Crippen molar-refractivity contribution in [3.8, 4) is 0 Å². The molecule has 11 heteroatoms. The van der Waals surface area contributed by atoms with E-state index in [1.165, 1.54) is 6.07 Å². The fraction of sp³-hybridized carbons (Fsp3) is 0.517. The first-order chi connectivity index (χ1) is 19.0. The molecule has 1 unspecified atom stereocenters. The van der Waals surface area contributed by atoms with Crippen LogP contribution in [0, 0.1) is 5.92 Å². The molecule has 1 aliphatic carbocycles. The highest BCUT2D eigenvalue weighted by Gasteiger charge is 2.44. The molecule has 3 fully saturated rings. The van der Waals surface area contributed by atoms with Crippen molar-refractivity contribution in [2.45, 2.75) is 67.7 Å². The number of hydrogen-bond donors (Lipinski definition) is 1. The van der Waals surface area contributed by atoms with E-state index < -0.39 is 33.5 Å². The Morgan fingerprint density at radius 2 is 1.68 bits per heavy atom.